The summed E-state index contributed by atoms with van der Waals surface area (Å²) in [7, 11) is 0. The zero-order valence-corrected chi connectivity index (χ0v) is 8.08. The van der Waals surface area contributed by atoms with Crippen LogP contribution in [0.2, 0.25) is 0 Å². The van der Waals surface area contributed by atoms with Crippen molar-refractivity contribution < 1.29 is 19.0 Å². The highest BCUT2D eigenvalue weighted by Crippen LogP contribution is 2.13. The van der Waals surface area contributed by atoms with E-state index in [-0.39, 0.29) is 17.9 Å². The Bertz CT molecular complexity index is 409. The predicted molar refractivity (Wildman–Crippen MR) is 51.6 cm³/mol. The summed E-state index contributed by atoms with van der Waals surface area (Å²) in [6, 6.07) is 3.33. The van der Waals surface area contributed by atoms with Gasteiger partial charge >= 0.3 is 5.97 Å². The molecule has 0 atom stereocenters. The number of carbonyl (C=O) groups excluding carboxylic acids is 1. The molecule has 3 nitrogen and oxygen atoms in total. The minimum Gasteiger partial charge on any atom is -0.508 e. The van der Waals surface area contributed by atoms with Crippen LogP contribution in [0.5, 0.6) is 5.75 Å². The number of halogens is 1. The van der Waals surface area contributed by atoms with Gasteiger partial charge in [-0.25, -0.2) is 9.18 Å². The quantitative estimate of drug-likeness (QED) is 0.561. The minimum atomic E-state index is -0.679. The largest absolute Gasteiger partial charge is 0.508 e. The van der Waals surface area contributed by atoms with Crippen molar-refractivity contribution in [3.63, 3.8) is 0 Å². The van der Waals surface area contributed by atoms with Gasteiger partial charge in [0.05, 0.1) is 6.61 Å². The third kappa shape index (κ3) is 3.69. The van der Waals surface area contributed by atoms with Crippen LogP contribution >= 0.6 is 0 Å². The highest BCUT2D eigenvalue weighted by molar-refractivity contribution is 5.89. The molecule has 78 valence electrons. The number of benzene rings is 1. The number of hydrogen-bond acceptors (Lipinski definition) is 3. The van der Waals surface area contributed by atoms with E-state index < -0.39 is 11.8 Å². The van der Waals surface area contributed by atoms with Crippen LogP contribution in [0.1, 0.15) is 12.5 Å². The van der Waals surface area contributed by atoms with Gasteiger partial charge in [0.1, 0.15) is 11.6 Å². The number of carbonyl (C=O) groups is 1. The van der Waals surface area contributed by atoms with Gasteiger partial charge in [-0.1, -0.05) is 5.92 Å². The predicted octanol–water partition coefficient (Wildman–Crippen LogP) is 1.45. The molecular weight excluding hydrogens is 199 g/mol. The summed E-state index contributed by atoms with van der Waals surface area (Å²) in [6.07, 6.45) is 0. The van der Waals surface area contributed by atoms with Gasteiger partial charge in [-0.3, -0.25) is 0 Å². The summed E-state index contributed by atoms with van der Waals surface area (Å²) >= 11 is 0. The van der Waals surface area contributed by atoms with Crippen molar-refractivity contribution in [1.29, 1.82) is 0 Å². The lowest BCUT2D eigenvalue weighted by atomic mass is 10.2. The lowest BCUT2D eigenvalue weighted by Crippen LogP contribution is -1.99. The molecule has 15 heavy (non-hydrogen) atoms. The van der Waals surface area contributed by atoms with Crippen molar-refractivity contribution in [3.8, 4) is 17.6 Å². The topological polar surface area (TPSA) is 46.5 Å². The van der Waals surface area contributed by atoms with Crippen LogP contribution in [0.15, 0.2) is 18.2 Å². The number of hydrogen-bond donors (Lipinski definition) is 1. The fraction of sp³-hybridized carbons (Fsp3) is 0.182. The first-order valence-corrected chi connectivity index (χ1v) is 4.30. The second-order valence-corrected chi connectivity index (χ2v) is 2.67. The molecule has 0 amide bonds. The number of phenolic OH excluding ortho intramolecular Hbond substituents is 1. The van der Waals surface area contributed by atoms with Crippen molar-refractivity contribution in [2.75, 3.05) is 6.61 Å². The van der Waals surface area contributed by atoms with E-state index in [1.807, 2.05) is 0 Å². The Balaban J connectivity index is 2.84. The summed E-state index contributed by atoms with van der Waals surface area (Å²) < 4.78 is 17.3. The van der Waals surface area contributed by atoms with E-state index >= 15 is 0 Å². The lowest BCUT2D eigenvalue weighted by molar-refractivity contribution is -0.136. The Kier molecular flexibility index (Phi) is 3.69. The van der Waals surface area contributed by atoms with Crippen molar-refractivity contribution in [1.82, 2.24) is 0 Å². The van der Waals surface area contributed by atoms with Crippen LogP contribution in [0.25, 0.3) is 0 Å². The minimum absolute atomic E-state index is 0.223. The van der Waals surface area contributed by atoms with Gasteiger partial charge in [-0.15, -0.1) is 0 Å². The monoisotopic (exact) mass is 208 g/mol. The molecule has 0 bridgehead atoms. The Morgan fingerprint density at radius 3 is 2.87 bits per heavy atom. The van der Waals surface area contributed by atoms with Crippen LogP contribution in [0.4, 0.5) is 4.39 Å². The number of phenols is 1. The molecule has 1 aromatic rings. The summed E-state index contributed by atoms with van der Waals surface area (Å²) in [5.41, 5.74) is 0.223. The smallest absolute Gasteiger partial charge is 0.384 e. The van der Waals surface area contributed by atoms with Crippen LogP contribution in [0.3, 0.4) is 0 Å². The Hall–Kier alpha value is -2.02. The van der Waals surface area contributed by atoms with Crippen LogP contribution in [0, 0.1) is 17.7 Å². The molecule has 0 aliphatic heterocycles. The molecule has 0 saturated heterocycles. The Labute approximate surface area is 86.5 Å². The highest BCUT2D eigenvalue weighted by atomic mass is 19.1. The van der Waals surface area contributed by atoms with E-state index in [2.05, 4.69) is 16.6 Å². The fourth-order valence-electron chi connectivity index (χ4n) is 0.937. The number of aromatic hydroxyl groups is 1. The standard InChI is InChI=1S/C11H9FO3/c1-2-15-11(14)4-3-8-5-9(12)7-10(13)6-8/h5-7,13H,2H2,1H3. The van der Waals surface area contributed by atoms with Crippen molar-refractivity contribution >= 4 is 5.97 Å². The maximum absolute atomic E-state index is 12.8. The molecular formula is C11H9FO3. The van der Waals surface area contributed by atoms with Crippen molar-refractivity contribution in [2.24, 2.45) is 0 Å². The van der Waals surface area contributed by atoms with E-state index in [0.29, 0.717) is 0 Å². The third-order valence-corrected chi connectivity index (χ3v) is 1.47. The first-order chi connectivity index (χ1) is 7.11. The molecule has 0 spiro atoms. The second-order valence-electron chi connectivity index (χ2n) is 2.67. The molecule has 0 heterocycles. The molecule has 0 aliphatic rings. The van der Waals surface area contributed by atoms with Crippen LogP contribution < -0.4 is 0 Å². The van der Waals surface area contributed by atoms with E-state index in [0.717, 1.165) is 12.1 Å². The molecule has 1 aromatic carbocycles. The molecule has 0 saturated carbocycles. The number of rotatable bonds is 1. The molecule has 4 heteroatoms. The van der Waals surface area contributed by atoms with Gasteiger partial charge in [0.2, 0.25) is 0 Å². The highest BCUT2D eigenvalue weighted by Gasteiger charge is 1.98. The molecule has 0 aliphatic carbocycles. The van der Waals surface area contributed by atoms with Gasteiger partial charge in [0.25, 0.3) is 0 Å². The van der Waals surface area contributed by atoms with Gasteiger partial charge < -0.3 is 9.84 Å². The molecule has 0 unspecified atom stereocenters. The van der Waals surface area contributed by atoms with Crippen LogP contribution in [-0.2, 0) is 9.53 Å². The van der Waals surface area contributed by atoms with E-state index in [1.165, 1.54) is 6.07 Å². The van der Waals surface area contributed by atoms with Gasteiger partial charge in [-0.2, -0.15) is 0 Å². The maximum atomic E-state index is 12.8. The fourth-order valence-corrected chi connectivity index (χ4v) is 0.937. The lowest BCUT2D eigenvalue weighted by Gasteiger charge is -1.94. The first kappa shape index (κ1) is 11.1. The maximum Gasteiger partial charge on any atom is 0.384 e. The first-order valence-electron chi connectivity index (χ1n) is 4.30. The Morgan fingerprint density at radius 2 is 2.27 bits per heavy atom. The SMILES string of the molecule is CCOC(=O)C#Cc1cc(O)cc(F)c1. The second kappa shape index (κ2) is 5.01. The summed E-state index contributed by atoms with van der Waals surface area (Å²) in [4.78, 5) is 10.8. The summed E-state index contributed by atoms with van der Waals surface area (Å²) in [6.45, 7) is 1.90. The van der Waals surface area contributed by atoms with Crippen molar-refractivity contribution in [2.45, 2.75) is 6.92 Å². The summed E-state index contributed by atoms with van der Waals surface area (Å²) in [5, 5.41) is 9.04. The summed E-state index contributed by atoms with van der Waals surface area (Å²) in [5.74, 6) is 3.03. The molecule has 0 radical (unpaired) electrons. The van der Waals surface area contributed by atoms with E-state index in [4.69, 9.17) is 5.11 Å². The molecule has 1 N–H and O–H groups in total. The normalized spacial score (nSPS) is 8.93. The average Bonchev–Trinajstić information content (AvgIpc) is 2.14. The zero-order chi connectivity index (χ0) is 11.3. The van der Waals surface area contributed by atoms with Gasteiger partial charge in [-0.05, 0) is 19.1 Å². The zero-order valence-electron chi connectivity index (χ0n) is 8.08. The van der Waals surface area contributed by atoms with Crippen molar-refractivity contribution in [3.05, 3.63) is 29.6 Å². The van der Waals surface area contributed by atoms with Gasteiger partial charge in [0.15, 0.2) is 0 Å². The average molecular weight is 208 g/mol. The van der Waals surface area contributed by atoms with Gasteiger partial charge in [0, 0.05) is 17.6 Å². The Morgan fingerprint density at radius 1 is 1.53 bits per heavy atom. The molecule has 0 aromatic heterocycles. The van der Waals surface area contributed by atoms with Crippen LogP contribution in [-0.4, -0.2) is 17.7 Å². The molecule has 0 fully saturated rings. The number of ether oxygens (including phenoxy) is 1. The number of esters is 1. The molecule has 1 rings (SSSR count). The van der Waals surface area contributed by atoms with E-state index in [1.54, 1.807) is 6.92 Å². The third-order valence-electron chi connectivity index (χ3n) is 1.47. The van der Waals surface area contributed by atoms with E-state index in [9.17, 15) is 9.18 Å².